The number of sulfonamides is 1. The predicted molar refractivity (Wildman–Crippen MR) is 123 cm³/mol. The zero-order chi connectivity index (χ0) is 23.3. The number of aromatic nitrogens is 1. The Balaban J connectivity index is 1.69. The molecule has 3 rings (SSSR count). The molecule has 0 aliphatic carbocycles. The van der Waals surface area contributed by atoms with Crippen LogP contribution < -0.4 is 5.32 Å². The van der Waals surface area contributed by atoms with Gasteiger partial charge >= 0.3 is 0 Å². The summed E-state index contributed by atoms with van der Waals surface area (Å²) in [4.78, 5) is 15.5. The van der Waals surface area contributed by atoms with Gasteiger partial charge in [0.2, 0.25) is 15.9 Å². The van der Waals surface area contributed by atoms with E-state index in [0.29, 0.717) is 31.6 Å². The van der Waals surface area contributed by atoms with Crippen molar-refractivity contribution < 1.29 is 17.7 Å². The monoisotopic (exact) mass is 462 g/mol. The second-order valence-electron chi connectivity index (χ2n) is 8.25. The Labute approximate surface area is 191 Å². The van der Waals surface area contributed by atoms with Crippen LogP contribution in [0.3, 0.4) is 0 Å². The molecule has 0 saturated carbocycles. The number of hydrogen-bond acceptors (Lipinski definition) is 6. The Morgan fingerprint density at radius 3 is 2.53 bits per heavy atom. The van der Waals surface area contributed by atoms with Gasteiger partial charge < -0.3 is 9.84 Å². The number of likely N-dealkylation sites (N-methyl/N-ethyl adjacent to an activating group) is 1. The van der Waals surface area contributed by atoms with Gasteiger partial charge in [-0.2, -0.15) is 4.31 Å². The first-order valence-corrected chi connectivity index (χ1v) is 12.7. The lowest BCUT2D eigenvalue weighted by Crippen LogP contribution is -2.47. The minimum Gasteiger partial charge on any atom is -0.360 e. The van der Waals surface area contributed by atoms with E-state index in [0.717, 1.165) is 18.7 Å². The maximum Gasteiger partial charge on any atom is 0.248 e. The molecule has 1 fully saturated rings. The van der Waals surface area contributed by atoms with E-state index >= 15 is 0 Å². The molecule has 1 saturated heterocycles. The molecule has 9 heteroatoms. The lowest BCUT2D eigenvalue weighted by atomic mass is 9.98. The second-order valence-corrected chi connectivity index (χ2v) is 10.1. The maximum absolute atomic E-state index is 13.2. The number of aryl methyl sites for hydroxylation is 2. The van der Waals surface area contributed by atoms with Crippen molar-refractivity contribution >= 4 is 15.9 Å². The van der Waals surface area contributed by atoms with Crippen molar-refractivity contribution in [2.45, 2.75) is 51.5 Å². The zero-order valence-electron chi connectivity index (χ0n) is 19.4. The fraction of sp³-hybridized carbons (Fsp3) is 0.565. The average molecular weight is 463 g/mol. The van der Waals surface area contributed by atoms with E-state index in [1.807, 2.05) is 18.2 Å². The van der Waals surface area contributed by atoms with Crippen LogP contribution >= 0.6 is 0 Å². The highest BCUT2D eigenvalue weighted by Crippen LogP contribution is 2.28. The van der Waals surface area contributed by atoms with Crippen molar-refractivity contribution in [1.82, 2.24) is 19.7 Å². The number of carbonyl (C=O) groups is 1. The molecule has 1 N–H and O–H groups in total. The molecule has 0 spiro atoms. The van der Waals surface area contributed by atoms with Crippen LogP contribution in [0.5, 0.6) is 0 Å². The highest BCUT2D eigenvalue weighted by atomic mass is 32.2. The lowest BCUT2D eigenvalue weighted by Gasteiger charge is -2.33. The standard InChI is InChI=1S/C23H34N4O4S/c1-5-26(6-2)21(19-11-8-7-9-12-19)15-24-23(28)20-13-10-14-27(16-20)32(29,30)22-17(3)25-31-18(22)4/h7-9,11-12,20-21H,5-6,10,13-16H2,1-4H3,(H,24,28). The first-order chi connectivity index (χ1) is 15.3. The molecule has 2 heterocycles. The van der Waals surface area contributed by atoms with Gasteiger partial charge in [-0.1, -0.05) is 49.3 Å². The van der Waals surface area contributed by atoms with Gasteiger partial charge in [-0.05, 0) is 45.3 Å². The normalized spacial score (nSPS) is 18.6. The fourth-order valence-corrected chi connectivity index (χ4v) is 6.30. The topological polar surface area (TPSA) is 95.8 Å². The number of hydrogen-bond donors (Lipinski definition) is 1. The summed E-state index contributed by atoms with van der Waals surface area (Å²) in [6.07, 6.45) is 1.31. The number of carbonyl (C=O) groups excluding carboxylic acids is 1. The molecule has 1 aromatic carbocycles. The third kappa shape index (κ3) is 5.22. The minimum absolute atomic E-state index is 0.0703. The molecule has 0 radical (unpaired) electrons. The zero-order valence-corrected chi connectivity index (χ0v) is 20.2. The predicted octanol–water partition coefficient (Wildman–Crippen LogP) is 2.89. The van der Waals surface area contributed by atoms with Gasteiger partial charge in [0.1, 0.15) is 10.6 Å². The summed E-state index contributed by atoms with van der Waals surface area (Å²) in [6.45, 7) is 10.2. The van der Waals surface area contributed by atoms with Crippen LogP contribution in [0.1, 0.15) is 49.7 Å². The van der Waals surface area contributed by atoms with Gasteiger partial charge in [-0.25, -0.2) is 8.42 Å². The molecule has 2 aromatic rings. The number of amides is 1. The third-order valence-corrected chi connectivity index (χ3v) is 8.34. The third-order valence-electron chi connectivity index (χ3n) is 6.23. The van der Waals surface area contributed by atoms with Crippen molar-refractivity contribution in [3.05, 3.63) is 47.3 Å². The smallest absolute Gasteiger partial charge is 0.248 e. The molecule has 1 aromatic heterocycles. The molecule has 8 nitrogen and oxygen atoms in total. The number of piperidine rings is 1. The number of nitrogens with zero attached hydrogens (tertiary/aromatic N) is 3. The summed E-state index contributed by atoms with van der Waals surface area (Å²) in [5.74, 6) is -0.206. The van der Waals surface area contributed by atoms with Crippen molar-refractivity contribution in [2.24, 2.45) is 5.92 Å². The van der Waals surface area contributed by atoms with Crippen LogP contribution in [-0.2, 0) is 14.8 Å². The Morgan fingerprint density at radius 1 is 1.25 bits per heavy atom. The van der Waals surface area contributed by atoms with E-state index in [2.05, 4.69) is 41.4 Å². The quantitative estimate of drug-likeness (QED) is 0.616. The molecule has 1 aliphatic rings. The largest absolute Gasteiger partial charge is 0.360 e. The minimum atomic E-state index is -3.75. The van der Waals surface area contributed by atoms with E-state index in [4.69, 9.17) is 4.52 Å². The molecule has 2 atom stereocenters. The van der Waals surface area contributed by atoms with Crippen LogP contribution in [0, 0.1) is 19.8 Å². The average Bonchev–Trinajstić information content (AvgIpc) is 3.15. The summed E-state index contributed by atoms with van der Waals surface area (Å²) < 4.78 is 32.8. The highest BCUT2D eigenvalue weighted by Gasteiger charge is 2.36. The van der Waals surface area contributed by atoms with Crippen molar-refractivity contribution in [2.75, 3.05) is 32.7 Å². The van der Waals surface area contributed by atoms with E-state index in [1.165, 1.54) is 4.31 Å². The summed E-state index contributed by atoms with van der Waals surface area (Å²) >= 11 is 0. The molecule has 0 bridgehead atoms. The van der Waals surface area contributed by atoms with Gasteiger partial charge in [0.15, 0.2) is 5.76 Å². The number of benzene rings is 1. The Morgan fingerprint density at radius 2 is 1.94 bits per heavy atom. The summed E-state index contributed by atoms with van der Waals surface area (Å²) in [6, 6.07) is 10.2. The van der Waals surface area contributed by atoms with Crippen LogP contribution in [0.4, 0.5) is 0 Å². The Bertz CT molecular complexity index is 983. The van der Waals surface area contributed by atoms with Gasteiger partial charge in [0.05, 0.1) is 12.0 Å². The highest BCUT2D eigenvalue weighted by molar-refractivity contribution is 7.89. The molecule has 1 aliphatic heterocycles. The van der Waals surface area contributed by atoms with E-state index in [9.17, 15) is 13.2 Å². The van der Waals surface area contributed by atoms with E-state index in [1.54, 1.807) is 13.8 Å². The molecular formula is C23H34N4O4S. The van der Waals surface area contributed by atoms with Crippen molar-refractivity contribution in [3.63, 3.8) is 0 Å². The van der Waals surface area contributed by atoms with Gasteiger partial charge in [0, 0.05) is 19.6 Å². The van der Waals surface area contributed by atoms with Gasteiger partial charge in [0.25, 0.3) is 0 Å². The number of rotatable bonds is 9. The van der Waals surface area contributed by atoms with Crippen LogP contribution in [0.25, 0.3) is 0 Å². The molecule has 2 unspecified atom stereocenters. The Kier molecular flexibility index (Phi) is 8.08. The first kappa shape index (κ1) is 24.4. The van der Waals surface area contributed by atoms with E-state index in [-0.39, 0.29) is 35.1 Å². The van der Waals surface area contributed by atoms with Crippen molar-refractivity contribution in [3.8, 4) is 0 Å². The molecular weight excluding hydrogens is 428 g/mol. The van der Waals surface area contributed by atoms with Crippen molar-refractivity contribution in [1.29, 1.82) is 0 Å². The van der Waals surface area contributed by atoms with E-state index < -0.39 is 10.0 Å². The first-order valence-electron chi connectivity index (χ1n) is 11.3. The number of nitrogens with one attached hydrogen (secondary N) is 1. The molecule has 176 valence electrons. The summed E-state index contributed by atoms with van der Waals surface area (Å²) in [7, 11) is -3.75. The molecule has 32 heavy (non-hydrogen) atoms. The second kappa shape index (κ2) is 10.6. The summed E-state index contributed by atoms with van der Waals surface area (Å²) in [5, 5.41) is 6.87. The summed E-state index contributed by atoms with van der Waals surface area (Å²) in [5.41, 5.74) is 1.50. The Hall–Kier alpha value is -2.23. The van der Waals surface area contributed by atoms with Crippen LogP contribution in [0.15, 0.2) is 39.8 Å². The van der Waals surface area contributed by atoms with Crippen LogP contribution in [0.2, 0.25) is 0 Å². The van der Waals surface area contributed by atoms with Crippen LogP contribution in [-0.4, -0.2) is 61.4 Å². The van der Waals surface area contributed by atoms with Gasteiger partial charge in [-0.15, -0.1) is 0 Å². The SMILES string of the molecule is CCN(CC)C(CNC(=O)C1CCCN(S(=O)(=O)c2c(C)noc2C)C1)c1ccccc1. The molecule has 1 amide bonds. The lowest BCUT2D eigenvalue weighted by molar-refractivity contribution is -0.126. The maximum atomic E-state index is 13.2. The fourth-order valence-electron chi connectivity index (χ4n) is 4.49. The van der Waals surface area contributed by atoms with Gasteiger partial charge in [-0.3, -0.25) is 9.69 Å².